The number of amides is 15. The Morgan fingerprint density at radius 2 is 0.857 bits per heavy atom. The van der Waals surface area contributed by atoms with Crippen LogP contribution in [0.15, 0.2) is 0 Å². The standard InChI is InChI=1S/C46H74N16O22/c1-16(47)35(72)54-21(8-9-28(48)66)37(74)58-25(13-31(51)69)45(82)62-10-6-7-27(62)42(79)59-26(15-63)41(78)57-24(14-32(70)71)39(76)55-22(11-29(49)67)38(75)56-23(12-30(50)68)40(77)61-34(20(5)65)43(80)52-17(2)36(73)60-33(19(4)64)44(81)53-18(3)46(83)84/h16-27,33-34,63-65H,6-15,47H2,1-5H3,(H2,48,66)(H2,49,67)(H2,50,68)(H2,51,69)(H,52,80)(H,53,81)(H,54,72)(H,55,76)(H,56,75)(H,57,78)(H,58,74)(H,59,79)(H,60,73)(H,61,77)(H,70,71)(H,83,84)/t16-,17-,18-,19+,20+,21-,22-,23-,24-,25-,26-,27-,33-,34-/m0/s1. The molecule has 1 saturated heterocycles. The van der Waals surface area contributed by atoms with Gasteiger partial charge < -0.3 is 112 Å². The third-order valence-electron chi connectivity index (χ3n) is 12.1. The minimum atomic E-state index is -2.23. The van der Waals surface area contributed by atoms with Crippen LogP contribution in [-0.4, -0.2) is 229 Å². The fraction of sp³-hybridized carbons (Fsp3) is 0.630. The van der Waals surface area contributed by atoms with Crippen LogP contribution >= 0.6 is 0 Å². The number of aliphatic hydroxyl groups excluding tert-OH is 3. The first-order valence-electron chi connectivity index (χ1n) is 25.6. The fourth-order valence-electron chi connectivity index (χ4n) is 7.60. The van der Waals surface area contributed by atoms with Gasteiger partial charge in [-0.2, -0.15) is 0 Å². The first kappa shape index (κ1) is 72.8. The number of carbonyl (C=O) groups is 17. The summed E-state index contributed by atoms with van der Waals surface area (Å²) in [6.45, 7) is 4.03. The molecule has 0 aromatic rings. The summed E-state index contributed by atoms with van der Waals surface area (Å²) in [4.78, 5) is 218. The van der Waals surface area contributed by atoms with Crippen LogP contribution in [0.4, 0.5) is 0 Å². The van der Waals surface area contributed by atoms with E-state index in [0.29, 0.717) is 0 Å². The third kappa shape index (κ3) is 24.5. The largest absolute Gasteiger partial charge is 0.481 e. The number of nitrogens with zero attached hydrogens (tertiary/aromatic N) is 1. The van der Waals surface area contributed by atoms with E-state index in [1.54, 1.807) is 0 Å². The maximum Gasteiger partial charge on any atom is 0.325 e. The lowest BCUT2D eigenvalue weighted by Gasteiger charge is -2.30. The zero-order valence-electron chi connectivity index (χ0n) is 46.2. The molecule has 1 rings (SSSR count). The van der Waals surface area contributed by atoms with E-state index in [0.717, 1.165) is 32.6 Å². The number of nitrogens with one attached hydrogen (secondary N) is 10. The van der Waals surface area contributed by atoms with Gasteiger partial charge in [-0.15, -0.1) is 0 Å². The Bertz CT molecular complexity index is 2510. The van der Waals surface area contributed by atoms with E-state index >= 15 is 0 Å². The summed E-state index contributed by atoms with van der Waals surface area (Å²) in [6.07, 6.45) is -8.63. The summed E-state index contributed by atoms with van der Waals surface area (Å²) < 4.78 is 0. The minimum absolute atomic E-state index is 0.107. The zero-order chi connectivity index (χ0) is 64.6. The Kier molecular flexibility index (Phi) is 29.8. The van der Waals surface area contributed by atoms with Crippen molar-refractivity contribution in [2.75, 3.05) is 13.2 Å². The number of hydrogen-bond acceptors (Lipinski definition) is 21. The van der Waals surface area contributed by atoms with Crippen molar-refractivity contribution in [3.05, 3.63) is 0 Å². The van der Waals surface area contributed by atoms with Gasteiger partial charge >= 0.3 is 11.9 Å². The molecule has 0 aliphatic carbocycles. The molecule has 0 bridgehead atoms. The molecule has 1 fully saturated rings. The van der Waals surface area contributed by atoms with Gasteiger partial charge in [0.05, 0.1) is 50.5 Å². The number of aliphatic hydroxyl groups is 3. The van der Waals surface area contributed by atoms with Crippen molar-refractivity contribution in [1.29, 1.82) is 0 Å². The summed E-state index contributed by atoms with van der Waals surface area (Å²) in [5, 5.41) is 70.3. The lowest BCUT2D eigenvalue weighted by molar-refractivity contribution is -0.144. The lowest BCUT2D eigenvalue weighted by Crippen LogP contribution is -2.62. The molecule has 0 saturated carbocycles. The number of likely N-dealkylation sites (tertiary alicyclic amines) is 1. The third-order valence-corrected chi connectivity index (χ3v) is 12.1. The van der Waals surface area contributed by atoms with E-state index in [4.69, 9.17) is 33.8 Å². The Balaban J connectivity index is 3.35. The smallest absolute Gasteiger partial charge is 0.325 e. The number of nitrogens with two attached hydrogens (primary N) is 5. The van der Waals surface area contributed by atoms with Crippen molar-refractivity contribution in [3.8, 4) is 0 Å². The molecule has 0 aromatic carbocycles. The molecule has 0 unspecified atom stereocenters. The van der Waals surface area contributed by atoms with Gasteiger partial charge in [-0.05, 0) is 53.9 Å². The second-order valence-electron chi connectivity index (χ2n) is 19.4. The maximum atomic E-state index is 13.9. The van der Waals surface area contributed by atoms with E-state index in [1.807, 2.05) is 26.6 Å². The van der Waals surface area contributed by atoms with Crippen LogP contribution < -0.4 is 81.8 Å². The number of primary amides is 4. The van der Waals surface area contributed by atoms with E-state index in [1.165, 1.54) is 6.92 Å². The summed E-state index contributed by atoms with van der Waals surface area (Å²) in [6, 6.07) is -21.3. The highest BCUT2D eigenvalue weighted by Crippen LogP contribution is 2.20. The predicted octanol–water partition coefficient (Wildman–Crippen LogP) is -12.6. The highest BCUT2D eigenvalue weighted by atomic mass is 16.4. The van der Waals surface area contributed by atoms with Crippen LogP contribution in [-0.2, 0) is 81.5 Å². The molecule has 14 atom stereocenters. The van der Waals surface area contributed by atoms with Gasteiger partial charge in [0.2, 0.25) is 88.6 Å². The highest BCUT2D eigenvalue weighted by molar-refractivity contribution is 6.02. The Morgan fingerprint density at radius 1 is 0.464 bits per heavy atom. The molecule has 38 heteroatoms. The van der Waals surface area contributed by atoms with Gasteiger partial charge in [0.25, 0.3) is 0 Å². The summed E-state index contributed by atoms with van der Waals surface area (Å²) in [5.74, 6) is -21.6. The Labute approximate surface area is 477 Å². The molecular formula is C46H74N16O22. The van der Waals surface area contributed by atoms with Gasteiger partial charge in [-0.3, -0.25) is 81.5 Å². The topological polar surface area (TPSA) is 645 Å². The predicted molar refractivity (Wildman–Crippen MR) is 279 cm³/mol. The normalized spacial score (nSPS) is 17.4. The van der Waals surface area contributed by atoms with E-state index in [-0.39, 0.29) is 25.8 Å². The molecule has 0 aromatic heterocycles. The van der Waals surface area contributed by atoms with Crippen LogP contribution in [0.3, 0.4) is 0 Å². The molecule has 38 nitrogen and oxygen atoms in total. The Hall–Kier alpha value is -9.17. The number of carbonyl (C=O) groups excluding carboxylic acids is 15. The molecule has 84 heavy (non-hydrogen) atoms. The highest BCUT2D eigenvalue weighted by Gasteiger charge is 2.42. The second-order valence-corrected chi connectivity index (χ2v) is 19.4. The van der Waals surface area contributed by atoms with Gasteiger partial charge in [-0.25, -0.2) is 0 Å². The number of carboxylic acid groups (broad SMARTS) is 2. The van der Waals surface area contributed by atoms with Gasteiger partial charge in [-0.1, -0.05) is 0 Å². The number of carboxylic acids is 2. The molecule has 1 aliphatic heterocycles. The monoisotopic (exact) mass is 1200 g/mol. The van der Waals surface area contributed by atoms with Crippen LogP contribution in [0.1, 0.15) is 86.0 Å². The van der Waals surface area contributed by atoms with Crippen molar-refractivity contribution in [3.63, 3.8) is 0 Å². The molecular weight excluding hydrogens is 1130 g/mol. The number of rotatable bonds is 36. The number of hydrogen-bond donors (Lipinski definition) is 20. The van der Waals surface area contributed by atoms with Gasteiger partial charge in [0.15, 0.2) is 0 Å². The average molecular weight is 1200 g/mol. The lowest BCUT2D eigenvalue weighted by atomic mass is 10.1. The molecule has 0 radical (unpaired) electrons. The van der Waals surface area contributed by atoms with Gasteiger partial charge in [0.1, 0.15) is 66.5 Å². The minimum Gasteiger partial charge on any atom is -0.481 e. The zero-order valence-corrected chi connectivity index (χ0v) is 46.2. The fourth-order valence-corrected chi connectivity index (χ4v) is 7.60. The van der Waals surface area contributed by atoms with Crippen molar-refractivity contribution in [2.24, 2.45) is 28.7 Å². The molecule has 1 heterocycles. The average Bonchev–Trinajstić information content (AvgIpc) is 4.13. The van der Waals surface area contributed by atoms with Crippen LogP contribution in [0.2, 0.25) is 0 Å². The molecule has 25 N–H and O–H groups in total. The number of aliphatic carboxylic acids is 2. The van der Waals surface area contributed by atoms with E-state index in [2.05, 4.69) is 26.6 Å². The summed E-state index contributed by atoms with van der Waals surface area (Å²) in [7, 11) is 0. The van der Waals surface area contributed by atoms with Crippen molar-refractivity contribution in [1.82, 2.24) is 58.1 Å². The van der Waals surface area contributed by atoms with Crippen molar-refractivity contribution >= 4 is 101 Å². The van der Waals surface area contributed by atoms with Crippen LogP contribution in [0.25, 0.3) is 0 Å². The van der Waals surface area contributed by atoms with Crippen molar-refractivity contribution in [2.45, 2.75) is 171 Å². The molecule has 0 spiro atoms. The van der Waals surface area contributed by atoms with E-state index in [9.17, 15) is 102 Å². The van der Waals surface area contributed by atoms with Gasteiger partial charge in [0, 0.05) is 13.0 Å². The molecule has 1 aliphatic rings. The SMILES string of the molecule is C[C@H](N)C(=O)N[C@@H](CCC(N)=O)C(=O)N[C@@H](CC(N)=O)C(=O)N1CCC[C@H]1C(=O)N[C@@H](CO)C(=O)N[C@@H](CC(=O)O)C(=O)N[C@@H](CC(N)=O)C(=O)N[C@@H](CC(N)=O)C(=O)N[C@H](C(=O)N[C@@H](C)C(=O)N[C@H](C(=O)N[C@@H](C)C(=O)O)[C@@H](C)O)[C@@H](C)O. The summed E-state index contributed by atoms with van der Waals surface area (Å²) in [5.41, 5.74) is 26.7. The first-order chi connectivity index (χ1) is 38.9. The molecule has 15 amide bonds. The van der Waals surface area contributed by atoms with Crippen LogP contribution in [0, 0.1) is 0 Å². The first-order valence-corrected chi connectivity index (χ1v) is 25.6. The van der Waals surface area contributed by atoms with E-state index < -0.39 is 224 Å². The summed E-state index contributed by atoms with van der Waals surface area (Å²) >= 11 is 0. The quantitative estimate of drug-likeness (QED) is 0.0277. The maximum absolute atomic E-state index is 13.9. The van der Waals surface area contributed by atoms with Crippen molar-refractivity contribution < 1.29 is 107 Å². The second kappa shape index (κ2) is 34.3. The molecule has 470 valence electrons. The van der Waals surface area contributed by atoms with Crippen LogP contribution in [0.5, 0.6) is 0 Å². The Morgan fingerprint density at radius 3 is 1.27 bits per heavy atom.